The van der Waals surface area contributed by atoms with Crippen LogP contribution in [-0.4, -0.2) is 24.6 Å². The van der Waals surface area contributed by atoms with Gasteiger partial charge in [0.2, 0.25) is 0 Å². The van der Waals surface area contributed by atoms with Gasteiger partial charge in [0, 0.05) is 60.8 Å². The van der Waals surface area contributed by atoms with Gasteiger partial charge in [0.05, 0.1) is 12.0 Å². The van der Waals surface area contributed by atoms with Crippen LogP contribution in [0.2, 0.25) is 0 Å². The van der Waals surface area contributed by atoms with E-state index in [9.17, 15) is 4.21 Å². The van der Waals surface area contributed by atoms with Crippen molar-refractivity contribution in [3.8, 4) is 0 Å². The molecule has 0 spiro atoms. The lowest BCUT2D eigenvalue weighted by Crippen LogP contribution is -1.91. The highest BCUT2D eigenvalue weighted by molar-refractivity contribution is 9.93. The average molecular weight is 1020 g/mol. The molecule has 0 aliphatic rings. The number of rotatable bonds is 5. The molecule has 0 radical (unpaired) electrons. The molecular formula is C27H27Br6O2PS4. The van der Waals surface area contributed by atoms with E-state index in [1.807, 2.05) is 60.7 Å². The highest BCUT2D eigenvalue weighted by Gasteiger charge is 2.01. The van der Waals surface area contributed by atoms with Gasteiger partial charge in [-0.25, -0.2) is 4.21 Å². The summed E-state index contributed by atoms with van der Waals surface area (Å²) in [5.74, 6) is 0. The lowest BCUT2D eigenvalue weighted by atomic mass is 10.4. The fourth-order valence-electron chi connectivity index (χ4n) is 2.28. The maximum Gasteiger partial charge on any atom is 0.188 e. The van der Waals surface area contributed by atoms with Crippen molar-refractivity contribution in [3.63, 3.8) is 0 Å². The van der Waals surface area contributed by atoms with E-state index in [2.05, 4.69) is 146 Å². The number of benzene rings is 4. The van der Waals surface area contributed by atoms with Gasteiger partial charge in [0.15, 0.2) is 11.1 Å². The highest BCUT2D eigenvalue weighted by Crippen LogP contribution is 2.38. The van der Waals surface area contributed by atoms with E-state index in [0.29, 0.717) is 4.90 Å². The second-order valence-electron chi connectivity index (χ2n) is 6.92. The third kappa shape index (κ3) is 21.1. The Morgan fingerprint density at radius 3 is 1.38 bits per heavy atom. The fraction of sp³-hybridized carbons (Fsp3) is 0.111. The molecular weight excluding hydrogens is 995 g/mol. The summed E-state index contributed by atoms with van der Waals surface area (Å²) in [6.07, 6.45) is 0. The first-order valence-corrected chi connectivity index (χ1v) is 23.5. The number of thiol groups is 1. The van der Waals surface area contributed by atoms with Crippen LogP contribution >= 0.6 is 135 Å². The Morgan fingerprint density at radius 1 is 0.675 bits per heavy atom. The first kappa shape index (κ1) is 41.4. The Balaban J connectivity index is 0.000000553. The highest BCUT2D eigenvalue weighted by atomic mass is 80.9. The Morgan fingerprint density at radius 2 is 1.05 bits per heavy atom. The van der Waals surface area contributed by atoms with E-state index < -0.39 is 11.1 Å². The minimum absolute atomic E-state index is 0.668. The lowest BCUT2D eigenvalue weighted by molar-refractivity contribution is 0.445. The molecule has 0 saturated heterocycles. The third-order valence-corrected chi connectivity index (χ3v) is 9.35. The van der Waals surface area contributed by atoms with Gasteiger partial charge in [0.25, 0.3) is 0 Å². The second kappa shape index (κ2) is 26.7. The summed E-state index contributed by atoms with van der Waals surface area (Å²) in [4.78, 5) is 4.15. The van der Waals surface area contributed by atoms with Gasteiger partial charge in [-0.3, -0.25) is 4.18 Å². The molecule has 4 aromatic carbocycles. The first-order chi connectivity index (χ1) is 19.2. The zero-order chi connectivity index (χ0) is 30.3. The zero-order valence-corrected chi connectivity index (χ0v) is 35.4. The van der Waals surface area contributed by atoms with Crippen LogP contribution < -0.4 is 0 Å². The van der Waals surface area contributed by atoms with Gasteiger partial charge >= 0.3 is 0 Å². The Bertz CT molecular complexity index is 1210. The third-order valence-electron chi connectivity index (χ3n) is 3.77. The molecule has 0 heterocycles. The molecule has 0 aromatic heterocycles. The van der Waals surface area contributed by atoms with Crippen LogP contribution in [0.4, 0.5) is 0 Å². The predicted octanol–water partition coefficient (Wildman–Crippen LogP) is 13.5. The van der Waals surface area contributed by atoms with Crippen LogP contribution in [0.5, 0.6) is 0 Å². The van der Waals surface area contributed by atoms with Crippen LogP contribution in [0.15, 0.2) is 135 Å². The maximum atomic E-state index is 11.0. The quantitative estimate of drug-likeness (QED) is 0.122. The summed E-state index contributed by atoms with van der Waals surface area (Å²) >= 11 is 21.8. The number of hydrogen-bond acceptors (Lipinski definition) is 5. The van der Waals surface area contributed by atoms with Crippen molar-refractivity contribution in [2.45, 2.75) is 19.6 Å². The Hall–Kier alpha value is 1.35. The molecule has 1 atom stereocenters. The van der Waals surface area contributed by atoms with Crippen LogP contribution in [0.25, 0.3) is 0 Å². The number of halogens is 6. The molecule has 0 N–H and O–H groups in total. The molecule has 4 aromatic rings. The molecule has 1 unspecified atom stereocenters. The molecule has 0 aliphatic heterocycles. The summed E-state index contributed by atoms with van der Waals surface area (Å²) in [6, 6.07) is 31.6. The molecule has 0 bridgehead atoms. The monoisotopic (exact) mass is 1020 g/mol. The van der Waals surface area contributed by atoms with Crippen molar-refractivity contribution in [3.05, 3.63) is 115 Å². The van der Waals surface area contributed by atoms with E-state index in [1.165, 1.54) is 16.9 Å². The fourth-order valence-corrected chi connectivity index (χ4v) is 7.35. The Labute approximate surface area is 305 Å². The molecule has 2 nitrogen and oxygen atoms in total. The molecule has 218 valence electrons. The van der Waals surface area contributed by atoms with Gasteiger partial charge in [-0.05, 0) is 86.1 Å². The molecule has 0 aliphatic carbocycles. The second-order valence-corrected chi connectivity index (χ2v) is 15.6. The van der Waals surface area contributed by atoms with Crippen molar-refractivity contribution in [1.82, 2.24) is 0 Å². The Kier molecular flexibility index (Phi) is 27.6. The summed E-state index contributed by atoms with van der Waals surface area (Å²) in [5, 5.41) is 0. The average Bonchev–Trinajstić information content (AvgIpc) is 2.94. The van der Waals surface area contributed by atoms with Crippen LogP contribution in [0.3, 0.4) is 0 Å². The van der Waals surface area contributed by atoms with E-state index >= 15 is 0 Å². The van der Waals surface area contributed by atoms with E-state index in [0.717, 1.165) is 31.4 Å². The molecule has 13 heteroatoms. The summed E-state index contributed by atoms with van der Waals surface area (Å²) in [5.41, 5.74) is 0. The van der Waals surface area contributed by atoms with Crippen molar-refractivity contribution >= 4 is 146 Å². The van der Waals surface area contributed by atoms with Crippen molar-refractivity contribution in [2.75, 3.05) is 20.4 Å². The summed E-state index contributed by atoms with van der Waals surface area (Å²) in [7, 11) is 6.02. The molecule has 0 fully saturated rings. The SMILES string of the molecule is BrBr.Brc1cccc(SSc2cccc(Br)c2)c1.COS(=O)c1cccc(Br)c1.CPC.Sc1cccc(Br)c1. The first-order valence-electron chi connectivity index (χ1n) is 10.9. The van der Waals surface area contributed by atoms with Gasteiger partial charge in [-0.1, -0.05) is 110 Å². The van der Waals surface area contributed by atoms with E-state index in [-0.39, 0.29) is 0 Å². The smallest absolute Gasteiger partial charge is 0.188 e. The summed E-state index contributed by atoms with van der Waals surface area (Å²) in [6.45, 7) is 4.31. The predicted molar refractivity (Wildman–Crippen MR) is 207 cm³/mol. The molecule has 0 saturated carbocycles. The van der Waals surface area contributed by atoms with Crippen LogP contribution in [0, 0.1) is 0 Å². The standard InChI is InChI=1S/C12H8Br2S2.C7H7BrO2S.C6H5BrS.C2H7P.Br2/c13-9-3-1-5-11(7-9)15-16-12-6-2-4-10(14)8-12;1-10-11(9)7-4-2-3-6(8)5-7;7-5-2-1-3-6(8)4-5;1-3-2;1-2/h1-8H;2-5H,1H3;1-4,8H;3H,1-2H3;. The summed E-state index contributed by atoms with van der Waals surface area (Å²) < 4.78 is 19.9. The molecule has 0 amide bonds. The zero-order valence-electron chi connectivity index (χ0n) is 21.5. The van der Waals surface area contributed by atoms with Gasteiger partial charge in [-0.2, -0.15) is 0 Å². The van der Waals surface area contributed by atoms with Crippen LogP contribution in [0.1, 0.15) is 0 Å². The van der Waals surface area contributed by atoms with Gasteiger partial charge < -0.3 is 0 Å². The maximum absolute atomic E-state index is 11.0. The molecule has 4 rings (SSSR count). The van der Waals surface area contributed by atoms with Gasteiger partial charge in [0.1, 0.15) is 0 Å². The lowest BCUT2D eigenvalue weighted by Gasteiger charge is -2.02. The van der Waals surface area contributed by atoms with E-state index in [4.69, 9.17) is 0 Å². The largest absolute Gasteiger partial charge is 0.290 e. The van der Waals surface area contributed by atoms with Crippen molar-refractivity contribution in [1.29, 1.82) is 0 Å². The van der Waals surface area contributed by atoms with Crippen LogP contribution in [-0.2, 0) is 15.3 Å². The molecule has 40 heavy (non-hydrogen) atoms. The van der Waals surface area contributed by atoms with Crippen molar-refractivity contribution in [2.24, 2.45) is 0 Å². The topological polar surface area (TPSA) is 26.3 Å². The minimum Gasteiger partial charge on any atom is -0.290 e. The number of hydrogen-bond donors (Lipinski definition) is 1. The van der Waals surface area contributed by atoms with Gasteiger partial charge in [-0.15, -0.1) is 21.2 Å². The van der Waals surface area contributed by atoms with E-state index in [1.54, 1.807) is 33.7 Å². The minimum atomic E-state index is -1.33. The normalized spacial score (nSPS) is 10.2. The van der Waals surface area contributed by atoms with Crippen molar-refractivity contribution < 1.29 is 8.39 Å².